The average molecular weight is 296 g/mol. The summed E-state index contributed by atoms with van der Waals surface area (Å²) in [6.45, 7) is 0.428. The standard InChI is InChI=1S/C13H16N2O4S/c1-19-10-4-2-3-9(7-10)14-13(18)15-5-6-20-8-11(15)12(16)17/h2-4,7,11H,5-6,8H2,1H3,(H,14,18)(H,16,17). The minimum absolute atomic E-state index is 0.397. The molecule has 2 rings (SSSR count). The SMILES string of the molecule is COc1cccc(NC(=O)N2CCSCC2C(=O)O)c1. The number of methoxy groups -OCH3 is 1. The molecule has 2 N–H and O–H groups in total. The first-order chi connectivity index (χ1) is 9.61. The number of nitrogens with one attached hydrogen (secondary N) is 1. The molecule has 1 saturated heterocycles. The molecule has 0 saturated carbocycles. The Labute approximate surface area is 121 Å². The van der Waals surface area contributed by atoms with Gasteiger partial charge in [-0.15, -0.1) is 0 Å². The van der Waals surface area contributed by atoms with Gasteiger partial charge in [-0.3, -0.25) is 0 Å². The van der Waals surface area contributed by atoms with Crippen molar-refractivity contribution < 1.29 is 19.4 Å². The molecule has 108 valence electrons. The van der Waals surface area contributed by atoms with Crippen LogP contribution in [0.25, 0.3) is 0 Å². The Morgan fingerprint density at radius 3 is 3.00 bits per heavy atom. The number of aliphatic carboxylic acids is 1. The van der Waals surface area contributed by atoms with Gasteiger partial charge >= 0.3 is 12.0 Å². The van der Waals surface area contributed by atoms with Crippen molar-refractivity contribution in [3.63, 3.8) is 0 Å². The molecular formula is C13H16N2O4S. The lowest BCUT2D eigenvalue weighted by atomic mass is 10.2. The third kappa shape index (κ3) is 3.36. The number of carboxylic acid groups (broad SMARTS) is 1. The van der Waals surface area contributed by atoms with Crippen LogP contribution in [-0.2, 0) is 4.79 Å². The molecule has 7 heteroatoms. The molecule has 0 radical (unpaired) electrons. The van der Waals surface area contributed by atoms with E-state index in [1.165, 1.54) is 4.90 Å². The number of hydrogen-bond acceptors (Lipinski definition) is 4. The highest BCUT2D eigenvalue weighted by molar-refractivity contribution is 7.99. The number of carbonyl (C=O) groups excluding carboxylic acids is 1. The van der Waals surface area contributed by atoms with Crippen molar-refractivity contribution in [1.29, 1.82) is 0 Å². The van der Waals surface area contributed by atoms with Gasteiger partial charge in [-0.1, -0.05) is 6.07 Å². The van der Waals surface area contributed by atoms with E-state index in [0.717, 1.165) is 5.75 Å². The van der Waals surface area contributed by atoms with Gasteiger partial charge in [0.05, 0.1) is 7.11 Å². The summed E-state index contributed by atoms with van der Waals surface area (Å²) in [7, 11) is 1.54. The molecule has 1 unspecified atom stereocenters. The maximum Gasteiger partial charge on any atom is 0.327 e. The van der Waals surface area contributed by atoms with E-state index in [1.807, 2.05) is 0 Å². The van der Waals surface area contributed by atoms with Crippen molar-refractivity contribution in [2.45, 2.75) is 6.04 Å². The quantitative estimate of drug-likeness (QED) is 0.888. The van der Waals surface area contributed by atoms with Crippen LogP contribution in [0.3, 0.4) is 0 Å². The molecule has 1 aromatic carbocycles. The van der Waals surface area contributed by atoms with E-state index < -0.39 is 18.0 Å². The van der Waals surface area contributed by atoms with Gasteiger partial charge in [-0.25, -0.2) is 9.59 Å². The zero-order chi connectivity index (χ0) is 14.5. The number of carboxylic acids is 1. The Morgan fingerprint density at radius 2 is 2.30 bits per heavy atom. The van der Waals surface area contributed by atoms with Gasteiger partial charge in [-0.2, -0.15) is 11.8 Å². The van der Waals surface area contributed by atoms with Crippen molar-refractivity contribution in [2.75, 3.05) is 30.5 Å². The highest BCUT2D eigenvalue weighted by Crippen LogP contribution is 2.20. The largest absolute Gasteiger partial charge is 0.497 e. The maximum absolute atomic E-state index is 12.2. The first-order valence-corrected chi connectivity index (χ1v) is 7.29. The summed E-state index contributed by atoms with van der Waals surface area (Å²) < 4.78 is 5.08. The Kier molecular flexibility index (Phi) is 4.73. The maximum atomic E-state index is 12.2. The minimum Gasteiger partial charge on any atom is -0.497 e. The van der Waals surface area contributed by atoms with Gasteiger partial charge in [-0.05, 0) is 12.1 Å². The smallest absolute Gasteiger partial charge is 0.327 e. The average Bonchev–Trinajstić information content (AvgIpc) is 2.47. The molecule has 1 fully saturated rings. The van der Waals surface area contributed by atoms with Crippen LogP contribution in [0, 0.1) is 0 Å². The van der Waals surface area contributed by atoms with Crippen LogP contribution in [0.5, 0.6) is 5.75 Å². The third-order valence-electron chi connectivity index (χ3n) is 3.00. The summed E-state index contributed by atoms with van der Waals surface area (Å²) >= 11 is 1.54. The van der Waals surface area contributed by atoms with Gasteiger partial charge in [0.15, 0.2) is 0 Å². The fourth-order valence-corrected chi connectivity index (χ4v) is 2.99. The van der Waals surface area contributed by atoms with Crippen molar-refractivity contribution in [1.82, 2.24) is 4.90 Å². The topological polar surface area (TPSA) is 78.9 Å². The third-order valence-corrected chi connectivity index (χ3v) is 4.02. The van der Waals surface area contributed by atoms with Crippen LogP contribution >= 0.6 is 11.8 Å². The molecule has 0 aliphatic carbocycles. The molecule has 2 amide bonds. The van der Waals surface area contributed by atoms with Gasteiger partial charge in [0, 0.05) is 29.8 Å². The van der Waals surface area contributed by atoms with Crippen molar-refractivity contribution >= 4 is 29.4 Å². The Hall–Kier alpha value is -1.89. The number of benzene rings is 1. The Bertz CT molecular complexity index is 509. The molecule has 6 nitrogen and oxygen atoms in total. The molecule has 0 bridgehead atoms. The lowest BCUT2D eigenvalue weighted by Gasteiger charge is -2.32. The number of rotatable bonds is 3. The van der Waals surface area contributed by atoms with E-state index in [4.69, 9.17) is 9.84 Å². The van der Waals surface area contributed by atoms with E-state index in [0.29, 0.717) is 23.7 Å². The molecule has 1 atom stereocenters. The Balaban J connectivity index is 2.07. The number of anilines is 1. The number of nitrogens with zero attached hydrogens (tertiary/aromatic N) is 1. The van der Waals surface area contributed by atoms with Crippen molar-refractivity contribution in [3.8, 4) is 5.75 Å². The van der Waals surface area contributed by atoms with E-state index in [9.17, 15) is 9.59 Å². The molecule has 1 heterocycles. The highest BCUT2D eigenvalue weighted by atomic mass is 32.2. The zero-order valence-electron chi connectivity index (χ0n) is 11.0. The normalized spacial score (nSPS) is 18.4. The second kappa shape index (κ2) is 6.51. The highest BCUT2D eigenvalue weighted by Gasteiger charge is 2.32. The van der Waals surface area contributed by atoms with Crippen molar-refractivity contribution in [2.24, 2.45) is 0 Å². The van der Waals surface area contributed by atoms with Gasteiger partial charge in [0.1, 0.15) is 11.8 Å². The second-order valence-corrected chi connectivity index (χ2v) is 5.43. The van der Waals surface area contributed by atoms with Gasteiger partial charge in [0.25, 0.3) is 0 Å². The van der Waals surface area contributed by atoms with Crippen LogP contribution in [-0.4, -0.2) is 53.2 Å². The van der Waals surface area contributed by atoms with Crippen LogP contribution < -0.4 is 10.1 Å². The number of hydrogen-bond donors (Lipinski definition) is 2. The van der Waals surface area contributed by atoms with Crippen LogP contribution in [0.15, 0.2) is 24.3 Å². The first kappa shape index (κ1) is 14.5. The van der Waals surface area contributed by atoms with E-state index >= 15 is 0 Å². The number of ether oxygens (including phenoxy) is 1. The summed E-state index contributed by atoms with van der Waals surface area (Å²) in [5.74, 6) is 0.820. The van der Waals surface area contributed by atoms with Crippen LogP contribution in [0.4, 0.5) is 10.5 Å². The van der Waals surface area contributed by atoms with Gasteiger partial charge < -0.3 is 20.1 Å². The summed E-state index contributed by atoms with van der Waals surface area (Å²) in [4.78, 5) is 24.7. The zero-order valence-corrected chi connectivity index (χ0v) is 11.9. The predicted molar refractivity (Wildman–Crippen MR) is 77.5 cm³/mol. The molecule has 1 aliphatic heterocycles. The Morgan fingerprint density at radius 1 is 1.50 bits per heavy atom. The molecule has 0 spiro atoms. The molecular weight excluding hydrogens is 280 g/mol. The van der Waals surface area contributed by atoms with Crippen LogP contribution in [0.2, 0.25) is 0 Å². The molecule has 1 aromatic rings. The van der Waals surface area contributed by atoms with E-state index in [1.54, 1.807) is 43.1 Å². The predicted octanol–water partition coefficient (Wildman–Crippen LogP) is 1.73. The lowest BCUT2D eigenvalue weighted by Crippen LogP contribution is -2.51. The molecule has 0 aromatic heterocycles. The second-order valence-electron chi connectivity index (χ2n) is 4.28. The summed E-state index contributed by atoms with van der Waals surface area (Å²) in [6, 6.07) is 5.77. The minimum atomic E-state index is -0.974. The molecule has 20 heavy (non-hydrogen) atoms. The van der Waals surface area contributed by atoms with E-state index in [-0.39, 0.29) is 0 Å². The summed E-state index contributed by atoms with van der Waals surface area (Å²) in [5.41, 5.74) is 0.580. The molecule has 1 aliphatic rings. The summed E-state index contributed by atoms with van der Waals surface area (Å²) in [5, 5.41) is 11.9. The fraction of sp³-hybridized carbons (Fsp3) is 0.385. The van der Waals surface area contributed by atoms with Crippen molar-refractivity contribution in [3.05, 3.63) is 24.3 Å². The number of urea groups is 1. The van der Waals surface area contributed by atoms with E-state index in [2.05, 4.69) is 5.32 Å². The van der Waals surface area contributed by atoms with Crippen LogP contribution in [0.1, 0.15) is 0 Å². The number of amides is 2. The number of thioether (sulfide) groups is 1. The number of carbonyl (C=O) groups is 2. The fourth-order valence-electron chi connectivity index (χ4n) is 1.95. The van der Waals surface area contributed by atoms with Gasteiger partial charge in [0.2, 0.25) is 0 Å². The summed E-state index contributed by atoms with van der Waals surface area (Å²) in [6.07, 6.45) is 0. The lowest BCUT2D eigenvalue weighted by molar-refractivity contribution is -0.141. The first-order valence-electron chi connectivity index (χ1n) is 6.14. The monoisotopic (exact) mass is 296 g/mol.